The first-order chi connectivity index (χ1) is 8.15. The summed E-state index contributed by atoms with van der Waals surface area (Å²) in [6.45, 7) is 1.06. The molecule has 0 bridgehead atoms. The van der Waals surface area contributed by atoms with Crippen molar-refractivity contribution in [2.24, 2.45) is 0 Å². The average Bonchev–Trinajstić information content (AvgIpc) is 2.81. The maximum Gasteiger partial charge on any atom is 0.279 e. The van der Waals surface area contributed by atoms with E-state index in [4.69, 9.17) is 9.47 Å². The van der Waals surface area contributed by atoms with Crippen LogP contribution in [0.5, 0.6) is 0 Å². The van der Waals surface area contributed by atoms with Crippen molar-refractivity contribution in [3.05, 3.63) is 10.1 Å². The summed E-state index contributed by atoms with van der Waals surface area (Å²) in [5.74, 6) is -0.230. The zero-order valence-corrected chi connectivity index (χ0v) is 9.72. The lowest BCUT2D eigenvalue weighted by molar-refractivity contribution is -0.556. The highest BCUT2D eigenvalue weighted by Gasteiger charge is 2.51. The molecule has 2 fully saturated rings. The summed E-state index contributed by atoms with van der Waals surface area (Å²) in [5.41, 5.74) is -1.38. The van der Waals surface area contributed by atoms with Gasteiger partial charge in [0, 0.05) is 30.6 Å². The lowest BCUT2D eigenvalue weighted by atomic mass is 9.78. The van der Waals surface area contributed by atoms with Crippen LogP contribution in [0.25, 0.3) is 0 Å². The molecule has 0 aromatic carbocycles. The molecule has 17 heavy (non-hydrogen) atoms. The first-order valence-corrected chi connectivity index (χ1v) is 6.06. The molecular weight excluding hydrogens is 226 g/mol. The van der Waals surface area contributed by atoms with Gasteiger partial charge in [-0.2, -0.15) is 0 Å². The van der Waals surface area contributed by atoms with Crippen LogP contribution in [0, 0.1) is 10.1 Å². The summed E-state index contributed by atoms with van der Waals surface area (Å²) in [5, 5.41) is 11.2. The third-order valence-electron chi connectivity index (χ3n) is 3.60. The molecule has 0 radical (unpaired) electrons. The zero-order chi connectivity index (χ0) is 12.3. The summed E-state index contributed by atoms with van der Waals surface area (Å²) < 4.78 is 10.5. The minimum atomic E-state index is -1.38. The van der Waals surface area contributed by atoms with Crippen molar-refractivity contribution in [3.63, 3.8) is 0 Å². The molecule has 1 saturated heterocycles. The Morgan fingerprint density at radius 3 is 2.65 bits per heavy atom. The maximum atomic E-state index is 11.8. The van der Waals surface area contributed by atoms with Crippen molar-refractivity contribution >= 4 is 5.78 Å². The van der Waals surface area contributed by atoms with Crippen molar-refractivity contribution in [2.45, 2.75) is 50.4 Å². The Balaban J connectivity index is 2.00. The maximum absolute atomic E-state index is 11.8. The fourth-order valence-corrected chi connectivity index (χ4v) is 2.55. The fourth-order valence-electron chi connectivity index (χ4n) is 2.55. The smallest absolute Gasteiger partial charge is 0.279 e. The standard InChI is InChI=1S/C11H17NO5/c13-9-3-1-2-5-11(9,12(14)15)6-4-10-16-7-8-17-10/h10H,1-8H2. The van der Waals surface area contributed by atoms with Gasteiger partial charge in [-0.15, -0.1) is 0 Å². The van der Waals surface area contributed by atoms with E-state index < -0.39 is 10.5 Å². The quantitative estimate of drug-likeness (QED) is 0.549. The molecule has 1 aliphatic carbocycles. The summed E-state index contributed by atoms with van der Waals surface area (Å²) in [6, 6.07) is 0. The topological polar surface area (TPSA) is 78.7 Å². The van der Waals surface area contributed by atoms with Gasteiger partial charge in [-0.25, -0.2) is 0 Å². The van der Waals surface area contributed by atoms with Gasteiger partial charge in [-0.05, 0) is 12.8 Å². The molecule has 1 saturated carbocycles. The molecule has 0 aromatic heterocycles. The monoisotopic (exact) mass is 243 g/mol. The molecule has 6 nitrogen and oxygen atoms in total. The predicted octanol–water partition coefficient (Wildman–Crippen LogP) is 1.30. The highest BCUT2D eigenvalue weighted by atomic mass is 16.7. The second-order valence-electron chi connectivity index (χ2n) is 4.63. The van der Waals surface area contributed by atoms with Crippen LogP contribution in [0.1, 0.15) is 38.5 Å². The molecule has 1 aliphatic heterocycles. The van der Waals surface area contributed by atoms with E-state index in [1.807, 2.05) is 0 Å². The Morgan fingerprint density at radius 2 is 2.06 bits per heavy atom. The van der Waals surface area contributed by atoms with Crippen LogP contribution in [0.3, 0.4) is 0 Å². The van der Waals surface area contributed by atoms with Crippen molar-refractivity contribution < 1.29 is 19.2 Å². The number of Topliss-reactive ketones (excluding diaryl/α,β-unsaturated/α-hetero) is 1. The van der Waals surface area contributed by atoms with Gasteiger partial charge in [0.05, 0.1) is 13.2 Å². The Labute approximate surface area is 99.4 Å². The molecule has 6 heteroatoms. The Morgan fingerprint density at radius 1 is 1.35 bits per heavy atom. The van der Waals surface area contributed by atoms with Crippen molar-refractivity contribution in [1.82, 2.24) is 0 Å². The number of carbonyl (C=O) groups excluding carboxylic acids is 1. The Hall–Kier alpha value is -1.01. The van der Waals surface area contributed by atoms with Crippen molar-refractivity contribution in [2.75, 3.05) is 13.2 Å². The first-order valence-electron chi connectivity index (χ1n) is 6.06. The first kappa shape index (κ1) is 12.4. The summed E-state index contributed by atoms with van der Waals surface area (Å²) in [7, 11) is 0. The number of carbonyl (C=O) groups is 1. The lowest BCUT2D eigenvalue weighted by Crippen LogP contribution is -2.48. The van der Waals surface area contributed by atoms with E-state index in [1.165, 1.54) is 0 Å². The highest BCUT2D eigenvalue weighted by Crippen LogP contribution is 2.33. The van der Waals surface area contributed by atoms with Crippen molar-refractivity contribution in [3.8, 4) is 0 Å². The minimum Gasteiger partial charge on any atom is -0.350 e. The van der Waals surface area contributed by atoms with Gasteiger partial charge in [0.15, 0.2) is 6.29 Å². The number of rotatable bonds is 4. The predicted molar refractivity (Wildman–Crippen MR) is 58.1 cm³/mol. The van der Waals surface area contributed by atoms with Crippen LogP contribution in [-0.4, -0.2) is 35.7 Å². The summed E-state index contributed by atoms with van der Waals surface area (Å²) >= 11 is 0. The van der Waals surface area contributed by atoms with Gasteiger partial charge >= 0.3 is 0 Å². The molecule has 0 N–H and O–H groups in total. The van der Waals surface area contributed by atoms with Gasteiger partial charge < -0.3 is 9.47 Å². The van der Waals surface area contributed by atoms with E-state index in [0.29, 0.717) is 32.5 Å². The number of nitrogens with zero attached hydrogens (tertiary/aromatic N) is 1. The molecular formula is C11H17NO5. The highest BCUT2D eigenvalue weighted by molar-refractivity contribution is 5.87. The second-order valence-corrected chi connectivity index (χ2v) is 4.63. The van der Waals surface area contributed by atoms with Crippen LogP contribution in [0.4, 0.5) is 0 Å². The van der Waals surface area contributed by atoms with E-state index in [2.05, 4.69) is 0 Å². The van der Waals surface area contributed by atoms with E-state index in [0.717, 1.165) is 12.8 Å². The molecule has 2 rings (SSSR count). The Kier molecular flexibility index (Phi) is 3.73. The lowest BCUT2D eigenvalue weighted by Gasteiger charge is -2.28. The molecule has 1 unspecified atom stereocenters. The number of ketones is 1. The van der Waals surface area contributed by atoms with Crippen LogP contribution in [0.2, 0.25) is 0 Å². The number of nitro groups is 1. The van der Waals surface area contributed by atoms with E-state index in [9.17, 15) is 14.9 Å². The van der Waals surface area contributed by atoms with Gasteiger partial charge in [-0.3, -0.25) is 14.9 Å². The largest absolute Gasteiger partial charge is 0.350 e. The van der Waals surface area contributed by atoms with Crippen LogP contribution in [0.15, 0.2) is 0 Å². The fraction of sp³-hybridized carbons (Fsp3) is 0.909. The zero-order valence-electron chi connectivity index (χ0n) is 9.72. The molecule has 1 atom stereocenters. The molecule has 0 amide bonds. The van der Waals surface area contributed by atoms with E-state index in [1.54, 1.807) is 0 Å². The SMILES string of the molecule is O=C1CCCCC1(CCC1OCCO1)[N+](=O)[O-]. The summed E-state index contributed by atoms with van der Waals surface area (Å²) in [4.78, 5) is 22.6. The van der Waals surface area contributed by atoms with Crippen LogP contribution < -0.4 is 0 Å². The molecule has 0 spiro atoms. The number of hydrogen-bond donors (Lipinski definition) is 0. The summed E-state index contributed by atoms with van der Waals surface area (Å²) in [6.07, 6.45) is 2.47. The third-order valence-corrected chi connectivity index (χ3v) is 3.60. The molecule has 0 aromatic rings. The van der Waals surface area contributed by atoms with Gasteiger partial charge in [0.2, 0.25) is 5.78 Å². The molecule has 96 valence electrons. The third kappa shape index (κ3) is 2.47. The Bertz CT molecular complexity index is 313. The number of ether oxygens (including phenoxy) is 2. The van der Waals surface area contributed by atoms with Crippen LogP contribution >= 0.6 is 0 Å². The molecule has 2 aliphatic rings. The normalized spacial score (nSPS) is 30.7. The van der Waals surface area contributed by atoms with Crippen molar-refractivity contribution in [1.29, 1.82) is 0 Å². The van der Waals surface area contributed by atoms with Gasteiger partial charge in [0.25, 0.3) is 5.54 Å². The second kappa shape index (κ2) is 5.10. The van der Waals surface area contributed by atoms with Crippen LogP contribution in [-0.2, 0) is 14.3 Å². The van der Waals surface area contributed by atoms with E-state index in [-0.39, 0.29) is 18.5 Å². The number of hydrogen-bond acceptors (Lipinski definition) is 5. The van der Waals surface area contributed by atoms with Gasteiger partial charge in [-0.1, -0.05) is 0 Å². The van der Waals surface area contributed by atoms with E-state index >= 15 is 0 Å². The molecule has 1 heterocycles. The average molecular weight is 243 g/mol. The van der Waals surface area contributed by atoms with Gasteiger partial charge in [0.1, 0.15) is 0 Å². The minimum absolute atomic E-state index is 0.226.